The minimum Gasteiger partial charge on any atom is -0.411 e. The molecule has 1 N–H and O–H groups in total. The van der Waals surface area contributed by atoms with Gasteiger partial charge in [-0.25, -0.2) is 0 Å². The lowest BCUT2D eigenvalue weighted by Crippen LogP contribution is -2.32. The SMILES string of the molecule is CN1CCC=C(C/C(CN2CCCC2=O)=N\O)C1. The maximum absolute atomic E-state index is 11.5. The molecule has 0 bridgehead atoms. The Labute approximate surface area is 108 Å². The minimum atomic E-state index is 0.172. The van der Waals surface area contributed by atoms with Gasteiger partial charge in [-0.1, -0.05) is 16.8 Å². The van der Waals surface area contributed by atoms with Gasteiger partial charge in [0.05, 0.1) is 12.3 Å². The lowest BCUT2D eigenvalue weighted by Gasteiger charge is -2.24. The fraction of sp³-hybridized carbons (Fsp3) is 0.692. The summed E-state index contributed by atoms with van der Waals surface area (Å²) >= 11 is 0. The molecule has 0 saturated carbocycles. The second-order valence-electron chi connectivity index (χ2n) is 5.15. The van der Waals surface area contributed by atoms with E-state index < -0.39 is 0 Å². The van der Waals surface area contributed by atoms with E-state index in [1.54, 1.807) is 4.90 Å². The Hall–Kier alpha value is -1.36. The first-order chi connectivity index (χ1) is 8.69. The fourth-order valence-electron chi connectivity index (χ4n) is 2.58. The Balaban J connectivity index is 1.89. The van der Waals surface area contributed by atoms with Crippen LogP contribution in [-0.4, -0.2) is 59.9 Å². The van der Waals surface area contributed by atoms with Crippen molar-refractivity contribution in [3.8, 4) is 0 Å². The molecule has 18 heavy (non-hydrogen) atoms. The topological polar surface area (TPSA) is 56.1 Å². The zero-order valence-corrected chi connectivity index (χ0v) is 10.9. The van der Waals surface area contributed by atoms with Crippen LogP contribution in [0.25, 0.3) is 0 Å². The summed E-state index contributed by atoms with van der Waals surface area (Å²) < 4.78 is 0. The molecule has 1 amide bonds. The van der Waals surface area contributed by atoms with Crippen LogP contribution in [0.4, 0.5) is 0 Å². The molecule has 0 radical (unpaired) electrons. The van der Waals surface area contributed by atoms with E-state index in [1.807, 2.05) is 0 Å². The summed E-state index contributed by atoms with van der Waals surface area (Å²) in [4.78, 5) is 15.6. The Morgan fingerprint density at radius 3 is 2.94 bits per heavy atom. The monoisotopic (exact) mass is 251 g/mol. The zero-order valence-electron chi connectivity index (χ0n) is 10.9. The van der Waals surface area contributed by atoms with Crippen molar-refractivity contribution in [2.75, 3.05) is 33.2 Å². The van der Waals surface area contributed by atoms with Crippen LogP contribution in [-0.2, 0) is 4.79 Å². The first kappa shape index (κ1) is 13.1. The van der Waals surface area contributed by atoms with Crippen LogP contribution in [0.2, 0.25) is 0 Å². The number of likely N-dealkylation sites (tertiary alicyclic amines) is 1. The number of amides is 1. The van der Waals surface area contributed by atoms with Crippen molar-refractivity contribution in [3.05, 3.63) is 11.6 Å². The van der Waals surface area contributed by atoms with Gasteiger partial charge in [-0.15, -0.1) is 0 Å². The fourth-order valence-corrected chi connectivity index (χ4v) is 2.58. The van der Waals surface area contributed by atoms with Gasteiger partial charge in [0.15, 0.2) is 0 Å². The molecule has 5 nitrogen and oxygen atoms in total. The van der Waals surface area contributed by atoms with Crippen molar-refractivity contribution in [2.45, 2.75) is 25.7 Å². The van der Waals surface area contributed by atoms with Crippen molar-refractivity contribution >= 4 is 11.6 Å². The van der Waals surface area contributed by atoms with Gasteiger partial charge in [0, 0.05) is 32.5 Å². The molecule has 0 aromatic rings. The van der Waals surface area contributed by atoms with Gasteiger partial charge >= 0.3 is 0 Å². The highest BCUT2D eigenvalue weighted by Gasteiger charge is 2.22. The van der Waals surface area contributed by atoms with Gasteiger partial charge in [0.2, 0.25) is 5.91 Å². The summed E-state index contributed by atoms with van der Waals surface area (Å²) in [5.41, 5.74) is 1.97. The molecule has 0 aromatic heterocycles. The first-order valence-corrected chi connectivity index (χ1v) is 6.53. The van der Waals surface area contributed by atoms with E-state index in [-0.39, 0.29) is 5.91 Å². The number of hydrogen-bond acceptors (Lipinski definition) is 4. The van der Waals surface area contributed by atoms with Crippen LogP contribution in [0.5, 0.6) is 0 Å². The number of nitrogens with zero attached hydrogens (tertiary/aromatic N) is 3. The zero-order chi connectivity index (χ0) is 13.0. The van der Waals surface area contributed by atoms with Gasteiger partial charge in [-0.05, 0) is 19.9 Å². The molecule has 2 rings (SSSR count). The van der Waals surface area contributed by atoms with Crippen LogP contribution in [0.1, 0.15) is 25.7 Å². The highest BCUT2D eigenvalue weighted by atomic mass is 16.4. The minimum absolute atomic E-state index is 0.172. The smallest absolute Gasteiger partial charge is 0.222 e. The van der Waals surface area contributed by atoms with Gasteiger partial charge in [-0.3, -0.25) is 4.79 Å². The van der Waals surface area contributed by atoms with Gasteiger partial charge in [0.25, 0.3) is 0 Å². The number of carbonyl (C=O) groups is 1. The third-order valence-electron chi connectivity index (χ3n) is 3.53. The van der Waals surface area contributed by atoms with E-state index in [2.05, 4.69) is 23.2 Å². The summed E-state index contributed by atoms with van der Waals surface area (Å²) in [5, 5.41) is 12.4. The van der Waals surface area contributed by atoms with Crippen LogP contribution in [0.15, 0.2) is 16.8 Å². The standard InChI is InChI=1S/C13H21N3O2/c1-15-6-2-4-11(9-15)8-12(14-18)10-16-7-3-5-13(16)17/h4,18H,2-3,5-10H2,1H3/b14-12+. The summed E-state index contributed by atoms with van der Waals surface area (Å²) in [6.07, 6.45) is 5.49. The highest BCUT2D eigenvalue weighted by Crippen LogP contribution is 2.15. The van der Waals surface area contributed by atoms with Crippen LogP contribution in [0, 0.1) is 0 Å². The molecule has 2 aliphatic rings. The highest BCUT2D eigenvalue weighted by molar-refractivity contribution is 5.91. The molecule has 0 spiro atoms. The Bertz CT molecular complexity index is 376. The Morgan fingerprint density at radius 2 is 2.33 bits per heavy atom. The largest absolute Gasteiger partial charge is 0.411 e. The third-order valence-corrected chi connectivity index (χ3v) is 3.53. The molecule has 2 aliphatic heterocycles. The maximum Gasteiger partial charge on any atom is 0.222 e. The number of oxime groups is 1. The van der Waals surface area contributed by atoms with Crippen molar-refractivity contribution < 1.29 is 10.0 Å². The lowest BCUT2D eigenvalue weighted by molar-refractivity contribution is -0.127. The van der Waals surface area contributed by atoms with Crippen molar-refractivity contribution in [1.82, 2.24) is 9.80 Å². The van der Waals surface area contributed by atoms with Gasteiger partial charge < -0.3 is 15.0 Å². The maximum atomic E-state index is 11.5. The molecule has 0 aliphatic carbocycles. The number of likely N-dealkylation sites (N-methyl/N-ethyl adjacent to an activating group) is 1. The van der Waals surface area contributed by atoms with E-state index in [4.69, 9.17) is 5.21 Å². The first-order valence-electron chi connectivity index (χ1n) is 6.53. The summed E-state index contributed by atoms with van der Waals surface area (Å²) in [5.74, 6) is 0.172. The van der Waals surface area contributed by atoms with E-state index >= 15 is 0 Å². The third kappa shape index (κ3) is 3.32. The predicted octanol–water partition coefficient (Wildman–Crippen LogP) is 1.09. The van der Waals surface area contributed by atoms with Crippen LogP contribution < -0.4 is 0 Å². The molecule has 5 heteroatoms. The van der Waals surface area contributed by atoms with Gasteiger partial charge in [0.1, 0.15) is 0 Å². The average molecular weight is 251 g/mol. The van der Waals surface area contributed by atoms with E-state index in [0.717, 1.165) is 32.5 Å². The number of carbonyl (C=O) groups excluding carboxylic acids is 1. The average Bonchev–Trinajstić information content (AvgIpc) is 2.74. The van der Waals surface area contributed by atoms with Crippen molar-refractivity contribution in [2.24, 2.45) is 5.16 Å². The second kappa shape index (κ2) is 6.00. The molecule has 1 fully saturated rings. The van der Waals surface area contributed by atoms with E-state index in [9.17, 15) is 4.79 Å². The molecular weight excluding hydrogens is 230 g/mol. The van der Waals surface area contributed by atoms with Gasteiger partial charge in [-0.2, -0.15) is 0 Å². The van der Waals surface area contributed by atoms with Crippen molar-refractivity contribution in [1.29, 1.82) is 0 Å². The molecule has 0 aromatic carbocycles. The summed E-state index contributed by atoms with van der Waals surface area (Å²) in [6, 6.07) is 0. The summed E-state index contributed by atoms with van der Waals surface area (Å²) in [7, 11) is 2.09. The molecule has 2 heterocycles. The quantitative estimate of drug-likeness (QED) is 0.352. The van der Waals surface area contributed by atoms with Crippen molar-refractivity contribution in [3.63, 3.8) is 0 Å². The number of rotatable bonds is 4. The summed E-state index contributed by atoms with van der Waals surface area (Å²) in [6.45, 7) is 3.26. The van der Waals surface area contributed by atoms with Crippen LogP contribution in [0.3, 0.4) is 0 Å². The van der Waals surface area contributed by atoms with E-state index in [1.165, 1.54) is 5.57 Å². The molecule has 0 atom stereocenters. The van der Waals surface area contributed by atoms with Crippen LogP contribution >= 0.6 is 0 Å². The molecule has 0 unspecified atom stereocenters. The molecular formula is C13H21N3O2. The predicted molar refractivity (Wildman–Crippen MR) is 69.8 cm³/mol. The Kier molecular flexibility index (Phi) is 4.36. The normalized spacial score (nSPS) is 22.5. The number of hydrogen-bond donors (Lipinski definition) is 1. The molecule has 1 saturated heterocycles. The lowest BCUT2D eigenvalue weighted by atomic mass is 10.0. The Morgan fingerprint density at radius 1 is 1.50 bits per heavy atom. The molecule has 100 valence electrons. The van der Waals surface area contributed by atoms with E-state index in [0.29, 0.717) is 25.1 Å². The second-order valence-corrected chi connectivity index (χ2v) is 5.15.